The molecule has 3 heterocycles. The first-order valence-corrected chi connectivity index (χ1v) is 9.41. The molecule has 0 saturated heterocycles. The molecule has 0 saturated carbocycles. The van der Waals surface area contributed by atoms with Crippen molar-refractivity contribution < 1.29 is 9.53 Å². The molecule has 0 aliphatic carbocycles. The third-order valence-corrected chi connectivity index (χ3v) is 5.38. The number of pyridine rings is 1. The van der Waals surface area contributed by atoms with E-state index < -0.39 is 0 Å². The van der Waals surface area contributed by atoms with E-state index in [1.54, 1.807) is 17.8 Å². The summed E-state index contributed by atoms with van der Waals surface area (Å²) in [6, 6.07) is 13.7. The summed E-state index contributed by atoms with van der Waals surface area (Å²) < 4.78 is 8.75. The van der Waals surface area contributed by atoms with Crippen molar-refractivity contribution in [1.29, 1.82) is 0 Å². The zero-order chi connectivity index (χ0) is 18.8. The van der Waals surface area contributed by atoms with Crippen LogP contribution in [0.25, 0.3) is 16.9 Å². The van der Waals surface area contributed by atoms with Gasteiger partial charge in [0, 0.05) is 25.2 Å². The molecule has 6 nitrogen and oxygen atoms in total. The average molecular weight is 378 g/mol. The van der Waals surface area contributed by atoms with E-state index in [2.05, 4.69) is 26.7 Å². The van der Waals surface area contributed by atoms with Gasteiger partial charge in [0.2, 0.25) is 0 Å². The largest absolute Gasteiger partial charge is 0.465 e. The number of nitrogens with zero attached hydrogens (tertiary/aromatic N) is 4. The summed E-state index contributed by atoms with van der Waals surface area (Å²) >= 11 is 1.61. The average Bonchev–Trinajstić information content (AvgIpc) is 3.29. The first kappa shape index (κ1) is 17.4. The van der Waals surface area contributed by atoms with Gasteiger partial charge in [-0.1, -0.05) is 42.1 Å². The van der Waals surface area contributed by atoms with Crippen LogP contribution < -0.4 is 0 Å². The molecule has 0 unspecified atom stereocenters. The Morgan fingerprint density at radius 1 is 1.19 bits per heavy atom. The molecular weight excluding hydrogens is 360 g/mol. The molecule has 27 heavy (non-hydrogen) atoms. The molecule has 0 amide bonds. The number of carbonyl (C=O) groups excluding carboxylic acids is 1. The van der Waals surface area contributed by atoms with E-state index in [0.717, 1.165) is 22.1 Å². The number of hydrogen-bond acceptors (Lipinski definition) is 5. The maximum Gasteiger partial charge on any atom is 0.341 e. The van der Waals surface area contributed by atoms with Gasteiger partial charge in [0.25, 0.3) is 0 Å². The van der Waals surface area contributed by atoms with Crippen LogP contribution >= 0.6 is 11.8 Å². The Morgan fingerprint density at radius 2 is 2.00 bits per heavy atom. The van der Waals surface area contributed by atoms with Crippen LogP contribution in [0.1, 0.15) is 16.1 Å². The third-order valence-electron chi connectivity index (χ3n) is 4.30. The summed E-state index contributed by atoms with van der Waals surface area (Å²) in [7, 11) is 3.38. The van der Waals surface area contributed by atoms with Gasteiger partial charge < -0.3 is 13.7 Å². The number of benzene rings is 1. The quantitative estimate of drug-likeness (QED) is 0.390. The minimum absolute atomic E-state index is 0.387. The molecule has 4 aromatic rings. The van der Waals surface area contributed by atoms with Crippen LogP contribution in [0.2, 0.25) is 0 Å². The van der Waals surface area contributed by atoms with Crippen LogP contribution in [0.3, 0.4) is 0 Å². The van der Waals surface area contributed by atoms with E-state index in [-0.39, 0.29) is 5.97 Å². The number of aromatic nitrogens is 4. The zero-order valence-corrected chi connectivity index (χ0v) is 15.8. The van der Waals surface area contributed by atoms with Gasteiger partial charge in [0.15, 0.2) is 10.8 Å². The molecule has 136 valence electrons. The van der Waals surface area contributed by atoms with Gasteiger partial charge >= 0.3 is 5.97 Å². The number of fused-ring (bicyclic) bond motifs is 1. The highest BCUT2D eigenvalue weighted by molar-refractivity contribution is 7.98. The predicted octanol–water partition coefficient (Wildman–Crippen LogP) is 3.81. The van der Waals surface area contributed by atoms with Gasteiger partial charge in [0.1, 0.15) is 5.56 Å². The summed E-state index contributed by atoms with van der Waals surface area (Å²) in [5.41, 5.74) is 4.14. The van der Waals surface area contributed by atoms with Gasteiger partial charge in [-0.2, -0.15) is 0 Å². The Morgan fingerprint density at radius 3 is 2.78 bits per heavy atom. The van der Waals surface area contributed by atoms with Crippen molar-refractivity contribution in [1.82, 2.24) is 18.9 Å². The molecule has 0 spiro atoms. The number of methoxy groups -OCH3 is 1. The van der Waals surface area contributed by atoms with Crippen LogP contribution in [0.15, 0.2) is 66.2 Å². The lowest BCUT2D eigenvalue weighted by molar-refractivity contribution is 0.0602. The van der Waals surface area contributed by atoms with Crippen molar-refractivity contribution in [3.63, 3.8) is 0 Å². The van der Waals surface area contributed by atoms with Gasteiger partial charge in [-0.05, 0) is 17.7 Å². The fourth-order valence-electron chi connectivity index (χ4n) is 2.94. The summed E-state index contributed by atoms with van der Waals surface area (Å²) in [6.07, 6.45) is 5.68. The van der Waals surface area contributed by atoms with E-state index in [0.29, 0.717) is 17.0 Å². The molecule has 0 radical (unpaired) electrons. The maximum absolute atomic E-state index is 11.9. The molecular formula is C20H18N4O2S. The minimum atomic E-state index is -0.387. The molecule has 4 rings (SSSR count). The Balaban J connectivity index is 1.56. The smallest absolute Gasteiger partial charge is 0.341 e. The summed E-state index contributed by atoms with van der Waals surface area (Å²) in [5, 5.41) is 0.916. The lowest BCUT2D eigenvalue weighted by Crippen LogP contribution is -2.03. The zero-order valence-electron chi connectivity index (χ0n) is 15.0. The number of rotatable bonds is 5. The normalized spacial score (nSPS) is 11.0. The third kappa shape index (κ3) is 3.33. The second-order valence-electron chi connectivity index (χ2n) is 6.02. The highest BCUT2D eigenvalue weighted by Crippen LogP contribution is 2.27. The van der Waals surface area contributed by atoms with E-state index in [4.69, 9.17) is 4.74 Å². The minimum Gasteiger partial charge on any atom is -0.465 e. The Hall–Kier alpha value is -3.06. The predicted molar refractivity (Wildman–Crippen MR) is 105 cm³/mol. The number of thioether (sulfide) groups is 1. The SMILES string of the molecule is COC(=O)c1cccn2cc(CSc3ncc(-c4ccccc4)n3C)nc12. The molecule has 0 aliphatic heterocycles. The first-order chi connectivity index (χ1) is 13.2. The molecule has 0 fully saturated rings. The Labute approximate surface area is 160 Å². The second-order valence-corrected chi connectivity index (χ2v) is 6.96. The highest BCUT2D eigenvalue weighted by Gasteiger charge is 2.14. The fourth-order valence-corrected chi connectivity index (χ4v) is 3.78. The molecule has 0 N–H and O–H groups in total. The monoisotopic (exact) mass is 378 g/mol. The lowest BCUT2D eigenvalue weighted by Gasteiger charge is -2.05. The molecule has 1 aromatic carbocycles. The summed E-state index contributed by atoms with van der Waals surface area (Å²) in [6.45, 7) is 0. The van der Waals surface area contributed by atoms with Crippen molar-refractivity contribution in [2.45, 2.75) is 10.9 Å². The lowest BCUT2D eigenvalue weighted by atomic mass is 10.2. The number of ether oxygens (including phenoxy) is 1. The number of hydrogen-bond donors (Lipinski definition) is 0. The summed E-state index contributed by atoms with van der Waals surface area (Å²) in [5.74, 6) is 0.267. The van der Waals surface area contributed by atoms with Crippen LogP contribution in [-0.4, -0.2) is 32.0 Å². The van der Waals surface area contributed by atoms with E-state index in [1.807, 2.05) is 54.3 Å². The number of carbonyl (C=O) groups is 1. The van der Waals surface area contributed by atoms with E-state index in [9.17, 15) is 4.79 Å². The standard InChI is InChI=1S/C20H18N4O2S/c1-23-17(14-7-4-3-5-8-14)11-21-20(23)27-13-15-12-24-10-6-9-16(18(24)22-15)19(25)26-2/h3-12H,13H2,1-2H3. The topological polar surface area (TPSA) is 61.4 Å². The fraction of sp³-hybridized carbons (Fsp3) is 0.150. The van der Waals surface area contributed by atoms with Crippen LogP contribution in [0.5, 0.6) is 0 Å². The van der Waals surface area contributed by atoms with Gasteiger partial charge in [-0.25, -0.2) is 14.8 Å². The van der Waals surface area contributed by atoms with Crippen molar-refractivity contribution in [2.75, 3.05) is 7.11 Å². The second kappa shape index (κ2) is 7.28. The van der Waals surface area contributed by atoms with Crippen LogP contribution in [0.4, 0.5) is 0 Å². The Kier molecular flexibility index (Phi) is 4.68. The number of imidazole rings is 2. The van der Waals surface area contributed by atoms with Gasteiger partial charge in [0.05, 0.1) is 24.7 Å². The van der Waals surface area contributed by atoms with Crippen molar-refractivity contribution in [3.8, 4) is 11.3 Å². The molecule has 0 aliphatic rings. The molecule has 0 bridgehead atoms. The van der Waals surface area contributed by atoms with Gasteiger partial charge in [-0.15, -0.1) is 0 Å². The number of esters is 1. The van der Waals surface area contributed by atoms with Gasteiger partial charge in [-0.3, -0.25) is 0 Å². The van der Waals surface area contributed by atoms with Crippen molar-refractivity contribution >= 4 is 23.4 Å². The highest BCUT2D eigenvalue weighted by atomic mass is 32.2. The molecule has 7 heteroatoms. The van der Waals surface area contributed by atoms with Crippen molar-refractivity contribution in [3.05, 3.63) is 72.3 Å². The Bertz CT molecular complexity index is 1100. The molecule has 0 atom stereocenters. The van der Waals surface area contributed by atoms with Crippen LogP contribution in [-0.2, 0) is 17.5 Å². The van der Waals surface area contributed by atoms with E-state index in [1.165, 1.54) is 7.11 Å². The molecule has 3 aromatic heterocycles. The van der Waals surface area contributed by atoms with Crippen molar-refractivity contribution in [2.24, 2.45) is 7.05 Å². The van der Waals surface area contributed by atoms with E-state index >= 15 is 0 Å². The maximum atomic E-state index is 11.9. The van der Waals surface area contributed by atoms with Crippen LogP contribution in [0, 0.1) is 0 Å². The summed E-state index contributed by atoms with van der Waals surface area (Å²) in [4.78, 5) is 21.0. The first-order valence-electron chi connectivity index (χ1n) is 8.42.